The molecule has 0 saturated heterocycles. The fraction of sp³-hybridized carbons (Fsp3) is 0.542. The van der Waals surface area contributed by atoms with E-state index in [0.29, 0.717) is 11.8 Å². The largest absolute Gasteiger partial charge is 0.444 e. The average molecular weight is 411 g/mol. The van der Waals surface area contributed by atoms with Gasteiger partial charge in [-0.3, -0.25) is 0 Å². The van der Waals surface area contributed by atoms with Crippen molar-refractivity contribution in [1.29, 1.82) is 0 Å². The monoisotopic (exact) mass is 410 g/mol. The van der Waals surface area contributed by atoms with Crippen molar-refractivity contribution in [2.75, 3.05) is 12.3 Å². The molecule has 0 aliphatic heterocycles. The van der Waals surface area contributed by atoms with Crippen molar-refractivity contribution in [2.24, 2.45) is 17.6 Å². The van der Waals surface area contributed by atoms with E-state index < -0.39 is 5.60 Å². The zero-order chi connectivity index (χ0) is 21.5. The van der Waals surface area contributed by atoms with Gasteiger partial charge in [0.2, 0.25) is 0 Å². The van der Waals surface area contributed by atoms with Crippen LogP contribution in [0, 0.1) is 11.8 Å². The predicted octanol–water partition coefficient (Wildman–Crippen LogP) is 3.55. The van der Waals surface area contributed by atoms with Crippen LogP contribution < -0.4 is 22.1 Å². The summed E-state index contributed by atoms with van der Waals surface area (Å²) in [7, 11) is 0. The molecule has 4 atom stereocenters. The Morgan fingerprint density at radius 2 is 2.03 bits per heavy atom. The van der Waals surface area contributed by atoms with Crippen molar-refractivity contribution in [3.8, 4) is 0 Å². The second kappa shape index (κ2) is 7.99. The number of nitrogens with one attached hydrogen (secondary N) is 2. The van der Waals surface area contributed by atoms with Crippen LogP contribution in [0.4, 0.5) is 10.5 Å². The molecule has 3 aliphatic carbocycles. The average Bonchev–Trinajstić information content (AvgIpc) is 3.21. The fourth-order valence-electron chi connectivity index (χ4n) is 4.89. The number of fused-ring (bicyclic) bond motifs is 2. The van der Waals surface area contributed by atoms with Crippen LogP contribution in [0.3, 0.4) is 0 Å². The normalized spacial score (nSPS) is 27.6. The lowest BCUT2D eigenvalue weighted by atomic mass is 9.80. The van der Waals surface area contributed by atoms with Gasteiger partial charge in [0, 0.05) is 29.9 Å². The first-order chi connectivity index (χ1) is 14.2. The van der Waals surface area contributed by atoms with Crippen LogP contribution in [0.25, 0.3) is 0 Å². The molecular formula is C24H34N4O2. The number of carbonyl (C=O) groups is 1. The molecular weight excluding hydrogens is 376 g/mol. The zero-order valence-corrected chi connectivity index (χ0v) is 18.2. The molecule has 1 amide bonds. The molecule has 0 aromatic heterocycles. The Balaban J connectivity index is 1.34. The first kappa shape index (κ1) is 20.8. The molecule has 30 heavy (non-hydrogen) atoms. The van der Waals surface area contributed by atoms with E-state index in [4.69, 9.17) is 16.2 Å². The number of hydrogen-bond acceptors (Lipinski definition) is 5. The third-order valence-electron chi connectivity index (χ3n) is 6.38. The predicted molar refractivity (Wildman–Crippen MR) is 120 cm³/mol. The van der Waals surface area contributed by atoms with Crippen LogP contribution >= 0.6 is 0 Å². The molecule has 0 bridgehead atoms. The number of rotatable bonds is 4. The number of alkyl carbamates (subject to hydrolysis) is 1. The van der Waals surface area contributed by atoms with E-state index in [0.717, 1.165) is 43.6 Å². The van der Waals surface area contributed by atoms with Gasteiger partial charge in [-0.15, -0.1) is 0 Å². The molecule has 0 heterocycles. The highest BCUT2D eigenvalue weighted by molar-refractivity contribution is 5.69. The summed E-state index contributed by atoms with van der Waals surface area (Å²) in [4.78, 5) is 12.2. The molecule has 1 aromatic carbocycles. The summed E-state index contributed by atoms with van der Waals surface area (Å²) in [6.07, 6.45) is 8.24. The van der Waals surface area contributed by atoms with Gasteiger partial charge in [0.05, 0.1) is 6.04 Å². The van der Waals surface area contributed by atoms with Gasteiger partial charge in [-0.1, -0.05) is 12.1 Å². The van der Waals surface area contributed by atoms with E-state index in [-0.39, 0.29) is 18.2 Å². The van der Waals surface area contributed by atoms with Gasteiger partial charge < -0.3 is 26.8 Å². The van der Waals surface area contributed by atoms with Crippen LogP contribution in [0.5, 0.6) is 0 Å². The molecule has 3 aliphatic rings. The van der Waals surface area contributed by atoms with Gasteiger partial charge in [0.15, 0.2) is 0 Å². The Bertz CT molecular complexity index is 884. The van der Waals surface area contributed by atoms with Crippen LogP contribution in [-0.4, -0.2) is 24.3 Å². The number of allylic oxidation sites excluding steroid dienone is 2. The molecule has 4 rings (SSSR count). The molecule has 1 fully saturated rings. The van der Waals surface area contributed by atoms with E-state index >= 15 is 0 Å². The zero-order valence-electron chi connectivity index (χ0n) is 18.2. The number of carbonyl (C=O) groups excluding carboxylic acids is 1. The van der Waals surface area contributed by atoms with Crippen LogP contribution in [-0.2, 0) is 11.2 Å². The summed E-state index contributed by atoms with van der Waals surface area (Å²) in [6, 6.07) is 6.14. The van der Waals surface area contributed by atoms with E-state index in [1.807, 2.05) is 32.9 Å². The molecule has 6 nitrogen and oxygen atoms in total. The minimum absolute atomic E-state index is 0.000453. The lowest BCUT2D eigenvalue weighted by Crippen LogP contribution is -2.38. The summed E-state index contributed by atoms with van der Waals surface area (Å²) < 4.78 is 5.42. The summed E-state index contributed by atoms with van der Waals surface area (Å²) >= 11 is 0. The Kier molecular flexibility index (Phi) is 5.53. The van der Waals surface area contributed by atoms with E-state index in [1.54, 1.807) is 0 Å². The van der Waals surface area contributed by atoms with E-state index in [2.05, 4.69) is 28.9 Å². The lowest BCUT2D eigenvalue weighted by molar-refractivity contribution is 0.0513. The highest BCUT2D eigenvalue weighted by Gasteiger charge is 2.35. The maximum atomic E-state index is 12.2. The van der Waals surface area contributed by atoms with Crippen LogP contribution in [0.2, 0.25) is 0 Å². The van der Waals surface area contributed by atoms with Gasteiger partial charge in [-0.25, -0.2) is 4.79 Å². The fourth-order valence-corrected chi connectivity index (χ4v) is 4.89. The van der Waals surface area contributed by atoms with E-state index in [9.17, 15) is 4.79 Å². The number of hydrogen-bond donors (Lipinski definition) is 4. The quantitative estimate of drug-likeness (QED) is 0.569. The first-order valence-electron chi connectivity index (χ1n) is 11.0. The Morgan fingerprint density at radius 3 is 2.80 bits per heavy atom. The van der Waals surface area contributed by atoms with E-state index in [1.165, 1.54) is 16.7 Å². The minimum atomic E-state index is -0.487. The molecule has 162 valence electrons. The maximum absolute atomic E-state index is 12.2. The maximum Gasteiger partial charge on any atom is 0.408 e. The SMILES string of the molecule is CC(C)(C)OC(=O)NC1CCC2C=C(NCC3CCc4ccc(N)cc4C3N)C=C21. The Labute approximate surface area is 179 Å². The molecule has 4 unspecified atom stereocenters. The Hall–Kier alpha value is -2.47. The van der Waals surface area contributed by atoms with Crippen LogP contribution in [0.1, 0.15) is 57.2 Å². The van der Waals surface area contributed by atoms with Crippen molar-refractivity contribution in [2.45, 2.75) is 64.1 Å². The number of aryl methyl sites for hydroxylation is 1. The summed E-state index contributed by atoms with van der Waals surface area (Å²) in [6.45, 7) is 6.48. The summed E-state index contributed by atoms with van der Waals surface area (Å²) in [5.41, 5.74) is 17.7. The number of ether oxygens (including phenoxy) is 1. The van der Waals surface area contributed by atoms with Crippen molar-refractivity contribution < 1.29 is 9.53 Å². The number of amides is 1. The van der Waals surface area contributed by atoms with Gasteiger partial charge >= 0.3 is 6.09 Å². The molecule has 0 radical (unpaired) electrons. The van der Waals surface area contributed by atoms with Gasteiger partial charge in [-0.2, -0.15) is 0 Å². The Morgan fingerprint density at radius 1 is 1.23 bits per heavy atom. The second-order valence-corrected chi connectivity index (χ2v) is 9.81. The molecule has 1 saturated carbocycles. The lowest BCUT2D eigenvalue weighted by Gasteiger charge is -2.31. The second-order valence-electron chi connectivity index (χ2n) is 9.81. The molecule has 1 aromatic rings. The highest BCUT2D eigenvalue weighted by Crippen LogP contribution is 2.38. The topological polar surface area (TPSA) is 102 Å². The summed E-state index contributed by atoms with van der Waals surface area (Å²) in [5, 5.41) is 6.63. The van der Waals surface area contributed by atoms with Gasteiger partial charge in [0.1, 0.15) is 5.60 Å². The third-order valence-corrected chi connectivity index (χ3v) is 6.38. The molecule has 0 spiro atoms. The van der Waals surface area contributed by atoms with Crippen molar-refractivity contribution in [3.05, 3.63) is 52.7 Å². The van der Waals surface area contributed by atoms with Crippen LogP contribution in [0.15, 0.2) is 41.6 Å². The molecule has 6 heteroatoms. The number of nitrogen functional groups attached to an aromatic ring is 1. The van der Waals surface area contributed by atoms with Crippen molar-refractivity contribution >= 4 is 11.8 Å². The number of benzene rings is 1. The standard InChI is InChI=1S/C24H34N4O2/c1-24(2,3)30-23(29)28-21-9-7-15-10-18(12-19(15)21)27-13-16-5-4-14-6-8-17(25)11-20(14)22(16)26/h6,8,10-12,15-16,21-22,27H,4-5,7,9,13,25-26H2,1-3H3,(H,28,29). The highest BCUT2D eigenvalue weighted by atomic mass is 16.6. The summed E-state index contributed by atoms with van der Waals surface area (Å²) in [5.74, 6) is 0.766. The molecule has 6 N–H and O–H groups in total. The van der Waals surface area contributed by atoms with Gasteiger partial charge in [-0.05, 0) is 87.3 Å². The smallest absolute Gasteiger partial charge is 0.408 e. The van der Waals surface area contributed by atoms with Gasteiger partial charge in [0.25, 0.3) is 0 Å². The van der Waals surface area contributed by atoms with Crippen molar-refractivity contribution in [3.63, 3.8) is 0 Å². The van der Waals surface area contributed by atoms with Crippen molar-refractivity contribution in [1.82, 2.24) is 10.6 Å². The number of anilines is 1. The first-order valence-corrected chi connectivity index (χ1v) is 11.0. The number of nitrogens with two attached hydrogens (primary N) is 2. The third kappa shape index (κ3) is 4.48. The minimum Gasteiger partial charge on any atom is -0.444 e.